The molecule has 0 aromatic carbocycles. The number of allylic oxidation sites excluding steroid dienone is 22. The fourth-order valence-corrected chi connectivity index (χ4v) is 8.89. The maximum Gasteiger partial charge on any atom is 0.306 e. The van der Waals surface area contributed by atoms with Crippen LogP contribution < -0.4 is 0 Å². The highest BCUT2D eigenvalue weighted by Gasteiger charge is 2.19. The molecule has 6 heteroatoms. The van der Waals surface area contributed by atoms with Crippen LogP contribution in [0.25, 0.3) is 0 Å². The standard InChI is InChI=1S/C74H122O6/c1-4-7-10-13-16-19-22-25-28-29-30-31-32-33-34-35-36-37-38-39-40-41-42-43-44-45-47-49-52-55-58-61-64-67-73(76)79-70-71(69-78-72(75)66-63-60-57-54-51-48-27-24-21-18-15-12-9-6-3)80-74(77)68-65-62-59-56-53-50-46-26-23-20-17-14-11-8-5-2/h7,10,16,19,24-28,30-31,33-34,36-37,39-40,42-43,45-47,71H,4-6,8-9,11-15,17-18,20-23,29,32,35,38,41,44,48-70H2,1-3H3/b10-7-,19-16-,27-24-,28-25-,31-30-,34-33-,37-36-,40-39-,43-42-,46-26-,47-45-. The topological polar surface area (TPSA) is 78.9 Å². The number of ether oxygens (including phenoxy) is 3. The zero-order valence-electron chi connectivity index (χ0n) is 52.0. The molecule has 0 fully saturated rings. The highest BCUT2D eigenvalue weighted by Crippen LogP contribution is 2.15. The van der Waals surface area contributed by atoms with Gasteiger partial charge in [0.2, 0.25) is 0 Å². The van der Waals surface area contributed by atoms with Gasteiger partial charge >= 0.3 is 17.9 Å². The lowest BCUT2D eigenvalue weighted by Crippen LogP contribution is -2.30. The minimum absolute atomic E-state index is 0.0937. The van der Waals surface area contributed by atoms with Gasteiger partial charge < -0.3 is 14.2 Å². The van der Waals surface area contributed by atoms with Crippen molar-refractivity contribution in [2.45, 2.75) is 303 Å². The van der Waals surface area contributed by atoms with Crippen molar-refractivity contribution in [3.05, 3.63) is 134 Å². The van der Waals surface area contributed by atoms with E-state index >= 15 is 0 Å². The molecule has 0 aliphatic rings. The Balaban J connectivity index is 4.34. The van der Waals surface area contributed by atoms with Crippen molar-refractivity contribution >= 4 is 17.9 Å². The second-order valence-corrected chi connectivity index (χ2v) is 21.6. The molecule has 0 saturated heterocycles. The van der Waals surface area contributed by atoms with Crippen LogP contribution in [0.2, 0.25) is 0 Å². The molecule has 0 bridgehead atoms. The number of unbranched alkanes of at least 4 members (excludes halogenated alkanes) is 26. The highest BCUT2D eigenvalue weighted by atomic mass is 16.6. The Morgan fingerprint density at radius 1 is 0.263 bits per heavy atom. The summed E-state index contributed by atoms with van der Waals surface area (Å²) in [5.74, 6) is -0.926. The lowest BCUT2D eigenvalue weighted by atomic mass is 10.1. The minimum atomic E-state index is -0.798. The molecule has 1 atom stereocenters. The third-order valence-corrected chi connectivity index (χ3v) is 13.9. The van der Waals surface area contributed by atoms with Gasteiger partial charge in [-0.15, -0.1) is 0 Å². The molecule has 6 nitrogen and oxygen atoms in total. The Bertz CT molecular complexity index is 1700. The van der Waals surface area contributed by atoms with E-state index in [0.29, 0.717) is 19.3 Å². The van der Waals surface area contributed by atoms with E-state index in [4.69, 9.17) is 14.2 Å². The van der Waals surface area contributed by atoms with Gasteiger partial charge in [-0.05, 0) is 141 Å². The maximum atomic E-state index is 12.9. The van der Waals surface area contributed by atoms with Crippen LogP contribution in [-0.4, -0.2) is 37.2 Å². The fourth-order valence-electron chi connectivity index (χ4n) is 8.89. The Labute approximate surface area is 494 Å². The predicted octanol–water partition coefficient (Wildman–Crippen LogP) is 22.9. The van der Waals surface area contributed by atoms with Crippen molar-refractivity contribution in [1.29, 1.82) is 0 Å². The molecule has 454 valence electrons. The number of hydrogen-bond acceptors (Lipinski definition) is 6. The summed E-state index contributed by atoms with van der Waals surface area (Å²) < 4.78 is 16.9. The summed E-state index contributed by atoms with van der Waals surface area (Å²) in [6, 6.07) is 0. The van der Waals surface area contributed by atoms with E-state index in [9.17, 15) is 14.4 Å². The smallest absolute Gasteiger partial charge is 0.306 e. The molecule has 0 aliphatic carbocycles. The van der Waals surface area contributed by atoms with Crippen LogP contribution in [0.1, 0.15) is 297 Å². The van der Waals surface area contributed by atoms with Crippen LogP contribution in [0.5, 0.6) is 0 Å². The van der Waals surface area contributed by atoms with Crippen molar-refractivity contribution in [3.63, 3.8) is 0 Å². The van der Waals surface area contributed by atoms with Crippen molar-refractivity contribution in [2.75, 3.05) is 13.2 Å². The summed E-state index contributed by atoms with van der Waals surface area (Å²) in [4.78, 5) is 38.3. The number of esters is 3. The molecule has 0 N–H and O–H groups in total. The summed E-state index contributed by atoms with van der Waals surface area (Å²) in [6.45, 7) is 6.49. The van der Waals surface area contributed by atoms with Crippen LogP contribution in [0.3, 0.4) is 0 Å². The molecule has 0 aromatic heterocycles. The first kappa shape index (κ1) is 75.5. The molecule has 0 aromatic rings. The molecule has 1 unspecified atom stereocenters. The Kier molecular flexibility index (Phi) is 63.3. The van der Waals surface area contributed by atoms with Crippen molar-refractivity contribution in [2.24, 2.45) is 0 Å². The third-order valence-electron chi connectivity index (χ3n) is 13.9. The van der Waals surface area contributed by atoms with Gasteiger partial charge in [0, 0.05) is 19.3 Å². The summed E-state index contributed by atoms with van der Waals surface area (Å²) in [5.41, 5.74) is 0. The second-order valence-electron chi connectivity index (χ2n) is 21.6. The van der Waals surface area contributed by atoms with Gasteiger partial charge in [-0.3, -0.25) is 14.4 Å². The predicted molar refractivity (Wildman–Crippen MR) is 348 cm³/mol. The molecule has 0 heterocycles. The largest absolute Gasteiger partial charge is 0.462 e. The molecule has 0 spiro atoms. The molecule has 0 radical (unpaired) electrons. The van der Waals surface area contributed by atoms with E-state index in [2.05, 4.69) is 154 Å². The molecule has 0 saturated carbocycles. The number of rotatable bonds is 59. The highest BCUT2D eigenvalue weighted by molar-refractivity contribution is 5.71. The van der Waals surface area contributed by atoms with Crippen LogP contribution >= 0.6 is 0 Å². The first-order valence-corrected chi connectivity index (χ1v) is 33.2. The van der Waals surface area contributed by atoms with E-state index in [-0.39, 0.29) is 31.1 Å². The zero-order chi connectivity index (χ0) is 57.8. The quantitative estimate of drug-likeness (QED) is 0.0261. The molecule has 0 rings (SSSR count). The summed E-state index contributed by atoms with van der Waals surface area (Å²) in [6.07, 6.45) is 94.6. The summed E-state index contributed by atoms with van der Waals surface area (Å²) in [7, 11) is 0. The summed E-state index contributed by atoms with van der Waals surface area (Å²) in [5, 5.41) is 0. The Morgan fingerprint density at radius 3 is 0.775 bits per heavy atom. The van der Waals surface area contributed by atoms with Crippen molar-refractivity contribution in [3.8, 4) is 0 Å². The normalized spacial score (nSPS) is 13.0. The van der Waals surface area contributed by atoms with Crippen LogP contribution in [0, 0.1) is 0 Å². The van der Waals surface area contributed by atoms with Gasteiger partial charge in [0.15, 0.2) is 6.10 Å². The van der Waals surface area contributed by atoms with Gasteiger partial charge in [-0.1, -0.05) is 270 Å². The monoisotopic (exact) mass is 1110 g/mol. The van der Waals surface area contributed by atoms with E-state index < -0.39 is 6.10 Å². The average Bonchev–Trinajstić information content (AvgIpc) is 3.46. The fraction of sp³-hybridized carbons (Fsp3) is 0.662. The Hall–Kier alpha value is -4.45. The summed E-state index contributed by atoms with van der Waals surface area (Å²) >= 11 is 0. The lowest BCUT2D eigenvalue weighted by Gasteiger charge is -2.18. The molecule has 80 heavy (non-hydrogen) atoms. The van der Waals surface area contributed by atoms with Crippen molar-refractivity contribution < 1.29 is 28.6 Å². The first-order valence-electron chi connectivity index (χ1n) is 33.2. The third kappa shape index (κ3) is 64.4. The van der Waals surface area contributed by atoms with Crippen LogP contribution in [-0.2, 0) is 28.6 Å². The number of carbonyl (C=O) groups is 3. The number of carbonyl (C=O) groups excluding carboxylic acids is 3. The zero-order valence-corrected chi connectivity index (χ0v) is 52.0. The van der Waals surface area contributed by atoms with Crippen molar-refractivity contribution in [1.82, 2.24) is 0 Å². The maximum absolute atomic E-state index is 12.9. The van der Waals surface area contributed by atoms with Gasteiger partial charge in [0.1, 0.15) is 13.2 Å². The van der Waals surface area contributed by atoms with E-state index in [0.717, 1.165) is 154 Å². The van der Waals surface area contributed by atoms with Crippen LogP contribution in [0.15, 0.2) is 134 Å². The molecule has 0 aliphatic heterocycles. The lowest BCUT2D eigenvalue weighted by molar-refractivity contribution is -0.167. The molecular formula is C74H122O6. The van der Waals surface area contributed by atoms with E-state index in [1.807, 2.05) is 0 Å². The van der Waals surface area contributed by atoms with Gasteiger partial charge in [0.25, 0.3) is 0 Å². The van der Waals surface area contributed by atoms with Gasteiger partial charge in [0.05, 0.1) is 0 Å². The average molecular weight is 1110 g/mol. The first-order chi connectivity index (χ1) is 39.5. The number of hydrogen-bond donors (Lipinski definition) is 0. The van der Waals surface area contributed by atoms with E-state index in [1.165, 1.54) is 103 Å². The van der Waals surface area contributed by atoms with Gasteiger partial charge in [-0.25, -0.2) is 0 Å². The van der Waals surface area contributed by atoms with E-state index in [1.54, 1.807) is 0 Å². The Morgan fingerprint density at radius 2 is 0.487 bits per heavy atom. The molecule has 0 amide bonds. The van der Waals surface area contributed by atoms with Crippen LogP contribution in [0.4, 0.5) is 0 Å². The molecular weight excluding hydrogens is 985 g/mol. The minimum Gasteiger partial charge on any atom is -0.462 e. The van der Waals surface area contributed by atoms with Gasteiger partial charge in [-0.2, -0.15) is 0 Å². The second kappa shape index (κ2) is 67.1. The SMILES string of the molecule is CC/C=C\C/C=C\C/C=C\C/C=C\C/C=C\C/C=C\C/C=C\C/C=C\C/C=C\CCCCCCCC(=O)OCC(COC(=O)CCCCCCC/C=C\CCCCCCC)OC(=O)CCCCCCC/C=C\CCCCCCCC.